The molecule has 0 saturated carbocycles. The number of hydrogen-bond acceptors (Lipinski definition) is 1. The van der Waals surface area contributed by atoms with Gasteiger partial charge in [-0.1, -0.05) is 28.9 Å². The zero-order valence-electron chi connectivity index (χ0n) is 7.76. The minimum Gasteiger partial charge on any atom is -0.330 e. The first-order chi connectivity index (χ1) is 6.22. The van der Waals surface area contributed by atoms with Crippen molar-refractivity contribution < 1.29 is 0 Å². The summed E-state index contributed by atoms with van der Waals surface area (Å²) in [6, 6.07) is 6.55. The second-order valence-corrected chi connectivity index (χ2v) is 4.76. The maximum atomic E-state index is 5.74. The molecule has 1 aliphatic rings. The van der Waals surface area contributed by atoms with E-state index in [1.54, 1.807) is 0 Å². The van der Waals surface area contributed by atoms with Crippen molar-refractivity contribution in [2.24, 2.45) is 5.73 Å². The quantitative estimate of drug-likeness (QED) is 0.802. The normalized spacial score (nSPS) is 26.1. The minimum atomic E-state index is 0.582. The van der Waals surface area contributed by atoms with E-state index in [4.69, 9.17) is 5.73 Å². The van der Waals surface area contributed by atoms with Crippen molar-refractivity contribution >= 4 is 15.9 Å². The van der Waals surface area contributed by atoms with Crippen molar-refractivity contribution in [1.82, 2.24) is 0 Å². The summed E-state index contributed by atoms with van der Waals surface area (Å²) in [7, 11) is 0. The molecule has 0 heterocycles. The molecule has 1 aromatic carbocycles. The Morgan fingerprint density at radius 3 is 2.92 bits per heavy atom. The summed E-state index contributed by atoms with van der Waals surface area (Å²) in [6.07, 6.45) is 1.21. The van der Waals surface area contributed by atoms with E-state index < -0.39 is 0 Å². The molecule has 0 spiro atoms. The van der Waals surface area contributed by atoms with Gasteiger partial charge in [0.15, 0.2) is 0 Å². The second kappa shape index (κ2) is 3.43. The van der Waals surface area contributed by atoms with Gasteiger partial charge in [0, 0.05) is 4.47 Å². The van der Waals surface area contributed by atoms with Crippen molar-refractivity contribution in [3.8, 4) is 0 Å². The van der Waals surface area contributed by atoms with Crippen LogP contribution in [0.2, 0.25) is 0 Å². The molecule has 0 fully saturated rings. The van der Waals surface area contributed by atoms with Crippen LogP contribution in [0.3, 0.4) is 0 Å². The van der Waals surface area contributed by atoms with Crippen LogP contribution < -0.4 is 5.73 Å². The van der Waals surface area contributed by atoms with Gasteiger partial charge in [-0.3, -0.25) is 0 Å². The third-order valence-corrected chi connectivity index (χ3v) is 3.44. The number of halogens is 1. The summed E-state index contributed by atoms with van der Waals surface area (Å²) in [6.45, 7) is 3.06. The second-order valence-electron chi connectivity index (χ2n) is 3.84. The lowest BCUT2D eigenvalue weighted by atomic mass is 10.0. The van der Waals surface area contributed by atoms with Crippen molar-refractivity contribution in [2.45, 2.75) is 25.2 Å². The molecular weight excluding hydrogens is 226 g/mol. The number of benzene rings is 1. The van der Waals surface area contributed by atoms with Gasteiger partial charge in [-0.15, -0.1) is 0 Å². The van der Waals surface area contributed by atoms with Crippen molar-refractivity contribution in [3.05, 3.63) is 33.8 Å². The largest absolute Gasteiger partial charge is 0.330 e. The van der Waals surface area contributed by atoms with Gasteiger partial charge in [0.25, 0.3) is 0 Å². The molecule has 0 amide bonds. The summed E-state index contributed by atoms with van der Waals surface area (Å²) < 4.78 is 1.18. The summed E-state index contributed by atoms with van der Waals surface area (Å²) in [5.41, 5.74) is 8.67. The fourth-order valence-corrected chi connectivity index (χ4v) is 2.63. The molecule has 2 atom stereocenters. The monoisotopic (exact) mass is 239 g/mol. The molecular formula is C11H14BrN. The molecule has 0 aromatic heterocycles. The summed E-state index contributed by atoms with van der Waals surface area (Å²) >= 11 is 3.50. The molecule has 0 aliphatic heterocycles. The SMILES string of the molecule is CC1CC(CN)c2ccc(Br)cc21. The van der Waals surface area contributed by atoms with Gasteiger partial charge < -0.3 is 5.73 Å². The molecule has 2 unspecified atom stereocenters. The molecule has 1 aliphatic carbocycles. The van der Waals surface area contributed by atoms with Crippen LogP contribution in [0.25, 0.3) is 0 Å². The van der Waals surface area contributed by atoms with E-state index in [0.717, 1.165) is 6.54 Å². The van der Waals surface area contributed by atoms with E-state index in [1.807, 2.05) is 0 Å². The van der Waals surface area contributed by atoms with Crippen LogP contribution in [0.4, 0.5) is 0 Å². The Labute approximate surface area is 87.5 Å². The Morgan fingerprint density at radius 2 is 2.23 bits per heavy atom. The van der Waals surface area contributed by atoms with Gasteiger partial charge in [-0.05, 0) is 48.1 Å². The Kier molecular flexibility index (Phi) is 2.43. The van der Waals surface area contributed by atoms with E-state index in [1.165, 1.54) is 22.0 Å². The molecule has 1 aromatic rings. The first-order valence-electron chi connectivity index (χ1n) is 4.71. The van der Waals surface area contributed by atoms with Crippen LogP contribution in [-0.2, 0) is 0 Å². The van der Waals surface area contributed by atoms with E-state index in [9.17, 15) is 0 Å². The fourth-order valence-electron chi connectivity index (χ4n) is 2.25. The summed E-state index contributed by atoms with van der Waals surface area (Å²) in [5.74, 6) is 1.25. The Hall–Kier alpha value is -0.340. The van der Waals surface area contributed by atoms with Crippen LogP contribution in [0.5, 0.6) is 0 Å². The molecule has 0 saturated heterocycles. The van der Waals surface area contributed by atoms with Crippen LogP contribution in [0.1, 0.15) is 36.3 Å². The molecule has 13 heavy (non-hydrogen) atoms. The van der Waals surface area contributed by atoms with E-state index in [0.29, 0.717) is 11.8 Å². The lowest BCUT2D eigenvalue weighted by Crippen LogP contribution is -2.09. The number of nitrogens with two attached hydrogens (primary N) is 1. The lowest BCUT2D eigenvalue weighted by Gasteiger charge is -2.07. The zero-order chi connectivity index (χ0) is 9.42. The zero-order valence-corrected chi connectivity index (χ0v) is 9.34. The van der Waals surface area contributed by atoms with Crippen molar-refractivity contribution in [3.63, 3.8) is 0 Å². The molecule has 2 heteroatoms. The highest BCUT2D eigenvalue weighted by Crippen LogP contribution is 2.41. The topological polar surface area (TPSA) is 26.0 Å². The third-order valence-electron chi connectivity index (χ3n) is 2.94. The van der Waals surface area contributed by atoms with Gasteiger partial charge in [0.1, 0.15) is 0 Å². The van der Waals surface area contributed by atoms with E-state index in [2.05, 4.69) is 41.1 Å². The number of fused-ring (bicyclic) bond motifs is 1. The number of rotatable bonds is 1. The van der Waals surface area contributed by atoms with Crippen molar-refractivity contribution in [2.75, 3.05) is 6.54 Å². The van der Waals surface area contributed by atoms with Crippen molar-refractivity contribution in [1.29, 1.82) is 0 Å². The van der Waals surface area contributed by atoms with E-state index >= 15 is 0 Å². The summed E-state index contributed by atoms with van der Waals surface area (Å²) in [4.78, 5) is 0. The molecule has 2 N–H and O–H groups in total. The van der Waals surface area contributed by atoms with Crippen LogP contribution >= 0.6 is 15.9 Å². The molecule has 0 radical (unpaired) electrons. The maximum Gasteiger partial charge on any atom is 0.0178 e. The summed E-state index contributed by atoms with van der Waals surface area (Å²) in [5, 5.41) is 0. The van der Waals surface area contributed by atoms with Gasteiger partial charge in [-0.25, -0.2) is 0 Å². The van der Waals surface area contributed by atoms with Gasteiger partial charge >= 0.3 is 0 Å². The average molecular weight is 240 g/mol. The van der Waals surface area contributed by atoms with Gasteiger partial charge in [0.05, 0.1) is 0 Å². The maximum absolute atomic E-state index is 5.74. The smallest absolute Gasteiger partial charge is 0.0178 e. The third kappa shape index (κ3) is 1.53. The minimum absolute atomic E-state index is 0.582. The standard InChI is InChI=1S/C11H14BrN/c1-7-4-8(6-13)10-3-2-9(12)5-11(7)10/h2-3,5,7-8H,4,6,13H2,1H3. The predicted octanol–water partition coefficient (Wildman–Crippen LogP) is 3.00. The molecule has 70 valence electrons. The predicted molar refractivity (Wildman–Crippen MR) is 59.0 cm³/mol. The fraction of sp³-hybridized carbons (Fsp3) is 0.455. The lowest BCUT2D eigenvalue weighted by molar-refractivity contribution is 0.626. The first kappa shape index (κ1) is 9.22. The average Bonchev–Trinajstić information content (AvgIpc) is 2.43. The van der Waals surface area contributed by atoms with Gasteiger partial charge in [0.2, 0.25) is 0 Å². The first-order valence-corrected chi connectivity index (χ1v) is 5.51. The number of hydrogen-bond donors (Lipinski definition) is 1. The Bertz CT molecular complexity index is 322. The molecule has 0 bridgehead atoms. The van der Waals surface area contributed by atoms with Crippen LogP contribution in [0.15, 0.2) is 22.7 Å². The highest BCUT2D eigenvalue weighted by Gasteiger charge is 2.26. The Balaban J connectivity index is 2.46. The highest BCUT2D eigenvalue weighted by atomic mass is 79.9. The highest BCUT2D eigenvalue weighted by molar-refractivity contribution is 9.10. The van der Waals surface area contributed by atoms with E-state index in [-0.39, 0.29) is 0 Å². The van der Waals surface area contributed by atoms with Crippen LogP contribution in [0, 0.1) is 0 Å². The van der Waals surface area contributed by atoms with Crippen LogP contribution in [-0.4, -0.2) is 6.54 Å². The molecule has 2 rings (SSSR count). The molecule has 1 nitrogen and oxygen atoms in total. The Morgan fingerprint density at radius 1 is 1.46 bits per heavy atom. The van der Waals surface area contributed by atoms with Gasteiger partial charge in [-0.2, -0.15) is 0 Å².